The molecule has 1 saturated heterocycles. The van der Waals surface area contributed by atoms with E-state index in [0.29, 0.717) is 0 Å². The van der Waals surface area contributed by atoms with E-state index in [9.17, 15) is 0 Å². The van der Waals surface area contributed by atoms with Crippen molar-refractivity contribution in [1.82, 2.24) is 4.90 Å². The summed E-state index contributed by atoms with van der Waals surface area (Å²) in [5, 5.41) is 0. The summed E-state index contributed by atoms with van der Waals surface area (Å²) in [7, 11) is 0. The number of fused-ring (bicyclic) bond motifs is 1. The van der Waals surface area contributed by atoms with Gasteiger partial charge in [0.2, 0.25) is 0 Å². The van der Waals surface area contributed by atoms with Crippen molar-refractivity contribution >= 4 is 0 Å². The number of likely N-dealkylation sites (tertiary alicyclic amines) is 1. The maximum atomic E-state index is 2.61. The molecule has 0 aromatic rings. The van der Waals surface area contributed by atoms with Crippen LogP contribution in [0.2, 0.25) is 0 Å². The largest absolute Gasteiger partial charge is 0.300 e. The summed E-state index contributed by atoms with van der Waals surface area (Å²) in [6.45, 7) is 9.76. The zero-order valence-electron chi connectivity index (χ0n) is 7.22. The van der Waals surface area contributed by atoms with Crippen LogP contribution in [0.5, 0.6) is 0 Å². The molecule has 10 heavy (non-hydrogen) atoms. The molecule has 0 aromatic carbocycles. The standard InChI is InChI=1S/C9H17N/c1-7(2)10-5-8-4-9(8,3)6-10/h7-8H,4-6H2,1-3H3/t8-,9+/m1/s1. The topological polar surface area (TPSA) is 3.24 Å². The first-order chi connectivity index (χ1) is 4.62. The number of hydrogen-bond acceptors (Lipinski definition) is 1. The Labute approximate surface area is 63.4 Å². The average molecular weight is 139 g/mol. The van der Waals surface area contributed by atoms with Crippen LogP contribution in [0, 0.1) is 11.3 Å². The molecule has 0 radical (unpaired) electrons. The van der Waals surface area contributed by atoms with E-state index in [4.69, 9.17) is 0 Å². The maximum Gasteiger partial charge on any atom is 0.00414 e. The summed E-state index contributed by atoms with van der Waals surface area (Å²) in [6, 6.07) is 0.768. The fourth-order valence-corrected chi connectivity index (χ4v) is 2.19. The van der Waals surface area contributed by atoms with Gasteiger partial charge in [0, 0.05) is 19.1 Å². The molecule has 0 unspecified atom stereocenters. The summed E-state index contributed by atoms with van der Waals surface area (Å²) in [6.07, 6.45) is 1.50. The molecule has 2 atom stereocenters. The SMILES string of the molecule is CC(C)N1C[C@H]2C[C@@]2(C)C1. The highest BCUT2D eigenvalue weighted by Gasteiger charge is 2.56. The fourth-order valence-electron chi connectivity index (χ4n) is 2.19. The minimum absolute atomic E-state index is 0.740. The van der Waals surface area contributed by atoms with Crippen LogP contribution in [0.15, 0.2) is 0 Å². The van der Waals surface area contributed by atoms with Gasteiger partial charge in [-0.2, -0.15) is 0 Å². The summed E-state index contributed by atoms with van der Waals surface area (Å²) in [5.74, 6) is 1.05. The van der Waals surface area contributed by atoms with Gasteiger partial charge >= 0.3 is 0 Å². The number of piperidine rings is 1. The van der Waals surface area contributed by atoms with Crippen LogP contribution in [0.25, 0.3) is 0 Å². The van der Waals surface area contributed by atoms with Crippen LogP contribution in [0.1, 0.15) is 27.2 Å². The second-order valence-corrected chi connectivity index (χ2v) is 4.58. The molecule has 0 aromatic heterocycles. The van der Waals surface area contributed by atoms with E-state index in [1.54, 1.807) is 0 Å². The lowest BCUT2D eigenvalue weighted by Crippen LogP contribution is -2.31. The molecule has 1 heterocycles. The minimum atomic E-state index is 0.740. The second-order valence-electron chi connectivity index (χ2n) is 4.58. The Morgan fingerprint density at radius 2 is 2.20 bits per heavy atom. The van der Waals surface area contributed by atoms with Gasteiger partial charge in [-0.3, -0.25) is 0 Å². The Morgan fingerprint density at radius 3 is 2.50 bits per heavy atom. The van der Waals surface area contributed by atoms with Gasteiger partial charge in [0.25, 0.3) is 0 Å². The highest BCUT2D eigenvalue weighted by atomic mass is 15.2. The Balaban J connectivity index is 1.97. The van der Waals surface area contributed by atoms with Crippen molar-refractivity contribution in [2.24, 2.45) is 11.3 Å². The van der Waals surface area contributed by atoms with Crippen LogP contribution < -0.4 is 0 Å². The predicted octanol–water partition coefficient (Wildman–Crippen LogP) is 1.74. The molecule has 58 valence electrons. The van der Waals surface area contributed by atoms with Crippen LogP contribution >= 0.6 is 0 Å². The van der Waals surface area contributed by atoms with Gasteiger partial charge in [-0.05, 0) is 31.6 Å². The Kier molecular flexibility index (Phi) is 1.17. The van der Waals surface area contributed by atoms with E-state index in [1.165, 1.54) is 19.5 Å². The lowest BCUT2D eigenvalue weighted by atomic mass is 10.1. The fraction of sp³-hybridized carbons (Fsp3) is 1.00. The zero-order chi connectivity index (χ0) is 7.35. The van der Waals surface area contributed by atoms with Crippen LogP contribution in [-0.4, -0.2) is 24.0 Å². The van der Waals surface area contributed by atoms with Crippen LogP contribution in [0.3, 0.4) is 0 Å². The van der Waals surface area contributed by atoms with Gasteiger partial charge in [-0.1, -0.05) is 6.92 Å². The summed E-state index contributed by atoms with van der Waals surface area (Å²) in [5.41, 5.74) is 0.740. The molecule has 1 nitrogen and oxygen atoms in total. The normalized spacial score (nSPS) is 46.2. The molecular weight excluding hydrogens is 122 g/mol. The molecule has 2 rings (SSSR count). The van der Waals surface area contributed by atoms with E-state index >= 15 is 0 Å². The molecule has 1 aliphatic carbocycles. The lowest BCUT2D eigenvalue weighted by Gasteiger charge is -2.22. The molecule has 2 fully saturated rings. The van der Waals surface area contributed by atoms with Crippen molar-refractivity contribution in [3.8, 4) is 0 Å². The van der Waals surface area contributed by atoms with Crippen LogP contribution in [0.4, 0.5) is 0 Å². The molecule has 0 spiro atoms. The molecule has 1 aliphatic heterocycles. The molecule has 1 saturated carbocycles. The Bertz CT molecular complexity index is 153. The van der Waals surface area contributed by atoms with Crippen molar-refractivity contribution in [3.63, 3.8) is 0 Å². The maximum absolute atomic E-state index is 2.61. The van der Waals surface area contributed by atoms with Crippen molar-refractivity contribution in [2.75, 3.05) is 13.1 Å². The summed E-state index contributed by atoms with van der Waals surface area (Å²) >= 11 is 0. The van der Waals surface area contributed by atoms with E-state index < -0.39 is 0 Å². The lowest BCUT2D eigenvalue weighted by molar-refractivity contribution is 0.234. The van der Waals surface area contributed by atoms with E-state index in [2.05, 4.69) is 25.7 Å². The predicted molar refractivity (Wildman–Crippen MR) is 42.9 cm³/mol. The first-order valence-corrected chi connectivity index (χ1v) is 4.36. The third kappa shape index (κ3) is 0.800. The Hall–Kier alpha value is -0.0400. The molecule has 0 bridgehead atoms. The second kappa shape index (κ2) is 1.76. The van der Waals surface area contributed by atoms with Crippen LogP contribution in [-0.2, 0) is 0 Å². The third-order valence-electron chi connectivity index (χ3n) is 3.29. The monoisotopic (exact) mass is 139 g/mol. The molecule has 1 heteroatoms. The van der Waals surface area contributed by atoms with Crippen molar-refractivity contribution in [1.29, 1.82) is 0 Å². The van der Waals surface area contributed by atoms with Gasteiger partial charge in [0.15, 0.2) is 0 Å². The van der Waals surface area contributed by atoms with Gasteiger partial charge in [-0.25, -0.2) is 0 Å². The first kappa shape index (κ1) is 6.66. The zero-order valence-corrected chi connectivity index (χ0v) is 7.22. The Morgan fingerprint density at radius 1 is 1.50 bits per heavy atom. The van der Waals surface area contributed by atoms with E-state index in [-0.39, 0.29) is 0 Å². The van der Waals surface area contributed by atoms with Gasteiger partial charge in [0.1, 0.15) is 0 Å². The average Bonchev–Trinajstić information content (AvgIpc) is 2.32. The van der Waals surface area contributed by atoms with Crippen molar-refractivity contribution in [2.45, 2.75) is 33.2 Å². The third-order valence-corrected chi connectivity index (χ3v) is 3.29. The minimum Gasteiger partial charge on any atom is -0.300 e. The van der Waals surface area contributed by atoms with E-state index in [1.807, 2.05) is 0 Å². The molecular formula is C9H17N. The highest BCUT2D eigenvalue weighted by molar-refractivity contribution is 5.07. The summed E-state index contributed by atoms with van der Waals surface area (Å²) in [4.78, 5) is 2.61. The quantitative estimate of drug-likeness (QED) is 0.535. The molecule has 2 aliphatic rings. The molecule has 0 amide bonds. The van der Waals surface area contributed by atoms with Gasteiger partial charge < -0.3 is 4.90 Å². The van der Waals surface area contributed by atoms with Gasteiger partial charge in [-0.15, -0.1) is 0 Å². The van der Waals surface area contributed by atoms with E-state index in [0.717, 1.165) is 17.4 Å². The van der Waals surface area contributed by atoms with Crippen molar-refractivity contribution in [3.05, 3.63) is 0 Å². The van der Waals surface area contributed by atoms with Gasteiger partial charge in [0.05, 0.1) is 0 Å². The summed E-state index contributed by atoms with van der Waals surface area (Å²) < 4.78 is 0. The number of nitrogens with zero attached hydrogens (tertiary/aromatic N) is 1. The molecule has 0 N–H and O–H groups in total. The first-order valence-electron chi connectivity index (χ1n) is 4.36. The highest BCUT2D eigenvalue weighted by Crippen LogP contribution is 2.57. The number of rotatable bonds is 1. The number of hydrogen-bond donors (Lipinski definition) is 0. The van der Waals surface area contributed by atoms with Crippen molar-refractivity contribution < 1.29 is 0 Å². The smallest absolute Gasteiger partial charge is 0.00414 e.